The molecule has 0 aliphatic rings. The molecule has 1 heterocycles. The highest BCUT2D eigenvalue weighted by Gasteiger charge is 2.13. The molecule has 1 atom stereocenters. The Hall–Kier alpha value is -1.78. The van der Waals surface area contributed by atoms with Gasteiger partial charge in [0.25, 0.3) is 5.91 Å². The Balaban J connectivity index is 1.94. The molecule has 1 aromatic carbocycles. The quantitative estimate of drug-likeness (QED) is 0.904. The fourth-order valence-corrected chi connectivity index (χ4v) is 1.83. The lowest BCUT2D eigenvalue weighted by atomic mass is 10.1. The maximum absolute atomic E-state index is 11.8. The molecule has 0 radical (unpaired) electrons. The van der Waals surface area contributed by atoms with E-state index in [0.717, 1.165) is 0 Å². The first kappa shape index (κ1) is 13.6. The fraction of sp³-hybridized carbons (Fsp3) is 0.214. The first-order valence-electron chi connectivity index (χ1n) is 5.83. The molecule has 0 bridgehead atoms. The molecule has 1 aromatic heterocycles. The first-order valence-corrected chi connectivity index (χ1v) is 6.21. The maximum atomic E-state index is 11.8. The number of hydrogen-bond donors (Lipinski definition) is 2. The zero-order chi connectivity index (χ0) is 13.8. The summed E-state index contributed by atoms with van der Waals surface area (Å²) in [6, 6.07) is 8.44. The topological polar surface area (TPSA) is 62.5 Å². The summed E-state index contributed by atoms with van der Waals surface area (Å²) in [5.41, 5.74) is 1.18. The van der Waals surface area contributed by atoms with Crippen LogP contribution in [0.1, 0.15) is 27.8 Å². The molecule has 1 unspecified atom stereocenters. The summed E-state index contributed by atoms with van der Waals surface area (Å²) in [4.78, 5) is 11.8. The molecule has 5 heteroatoms. The average molecular weight is 280 g/mol. The Morgan fingerprint density at radius 2 is 2.05 bits per heavy atom. The smallest absolute Gasteiger partial charge is 0.254 e. The van der Waals surface area contributed by atoms with Crippen molar-refractivity contribution in [1.82, 2.24) is 5.32 Å². The van der Waals surface area contributed by atoms with Gasteiger partial charge in [-0.1, -0.05) is 23.7 Å². The molecular weight excluding hydrogens is 266 g/mol. The number of aliphatic hydroxyl groups is 1. The third-order valence-electron chi connectivity index (χ3n) is 2.81. The Kier molecular flexibility index (Phi) is 4.24. The number of hydrogen-bond acceptors (Lipinski definition) is 3. The molecule has 0 fully saturated rings. The number of amides is 1. The molecule has 0 aliphatic heterocycles. The average Bonchev–Trinajstić information content (AvgIpc) is 2.83. The van der Waals surface area contributed by atoms with Gasteiger partial charge in [-0.05, 0) is 30.7 Å². The summed E-state index contributed by atoms with van der Waals surface area (Å²) in [6.07, 6.45) is 0.688. The standard InChI is InChI=1S/C14H14ClNO3/c1-9-12(6-7-19-9)14(18)16-8-13(17)10-2-4-11(15)5-3-10/h2-7,13,17H,8H2,1H3,(H,16,18). The molecule has 100 valence electrons. The van der Waals surface area contributed by atoms with Gasteiger partial charge < -0.3 is 14.8 Å². The zero-order valence-corrected chi connectivity index (χ0v) is 11.1. The number of aryl methyl sites for hydroxylation is 1. The van der Waals surface area contributed by atoms with E-state index < -0.39 is 6.10 Å². The van der Waals surface area contributed by atoms with E-state index in [4.69, 9.17) is 16.0 Å². The lowest BCUT2D eigenvalue weighted by molar-refractivity contribution is 0.0915. The van der Waals surface area contributed by atoms with E-state index >= 15 is 0 Å². The maximum Gasteiger partial charge on any atom is 0.254 e. The predicted molar refractivity (Wildman–Crippen MR) is 72.2 cm³/mol. The molecule has 19 heavy (non-hydrogen) atoms. The molecule has 1 amide bonds. The van der Waals surface area contributed by atoms with Gasteiger partial charge in [0.2, 0.25) is 0 Å². The minimum atomic E-state index is -0.770. The molecule has 0 saturated heterocycles. The lowest BCUT2D eigenvalue weighted by Gasteiger charge is -2.12. The van der Waals surface area contributed by atoms with Crippen LogP contribution < -0.4 is 5.32 Å². The highest BCUT2D eigenvalue weighted by molar-refractivity contribution is 6.30. The summed E-state index contributed by atoms with van der Waals surface area (Å²) in [5, 5.41) is 13.2. The van der Waals surface area contributed by atoms with Crippen LogP contribution in [0.5, 0.6) is 0 Å². The van der Waals surface area contributed by atoms with Crippen LogP contribution >= 0.6 is 11.6 Å². The van der Waals surface area contributed by atoms with Gasteiger partial charge in [0.15, 0.2) is 0 Å². The highest BCUT2D eigenvalue weighted by Crippen LogP contribution is 2.16. The van der Waals surface area contributed by atoms with Crippen molar-refractivity contribution in [2.45, 2.75) is 13.0 Å². The van der Waals surface area contributed by atoms with E-state index in [-0.39, 0.29) is 12.5 Å². The number of carbonyl (C=O) groups excluding carboxylic acids is 1. The van der Waals surface area contributed by atoms with Gasteiger partial charge in [-0.2, -0.15) is 0 Å². The lowest BCUT2D eigenvalue weighted by Crippen LogP contribution is -2.28. The van der Waals surface area contributed by atoms with E-state index in [9.17, 15) is 9.90 Å². The highest BCUT2D eigenvalue weighted by atomic mass is 35.5. The molecule has 2 aromatic rings. The Bertz CT molecular complexity index is 562. The molecule has 0 saturated carbocycles. The molecule has 0 aliphatic carbocycles. The summed E-state index contributed by atoms with van der Waals surface area (Å²) in [5.74, 6) is 0.290. The minimum Gasteiger partial charge on any atom is -0.469 e. The number of furan rings is 1. The van der Waals surface area contributed by atoms with Gasteiger partial charge in [0.05, 0.1) is 17.9 Å². The summed E-state index contributed by atoms with van der Waals surface area (Å²) < 4.78 is 5.05. The third kappa shape index (κ3) is 3.36. The molecule has 2 rings (SSSR count). The normalized spacial score (nSPS) is 12.2. The van der Waals surface area contributed by atoms with E-state index in [1.807, 2.05) is 0 Å². The number of halogens is 1. The fourth-order valence-electron chi connectivity index (χ4n) is 1.71. The van der Waals surface area contributed by atoms with Gasteiger partial charge in [-0.15, -0.1) is 0 Å². The largest absolute Gasteiger partial charge is 0.469 e. The van der Waals surface area contributed by atoms with Crippen LogP contribution in [0.3, 0.4) is 0 Å². The molecule has 4 nitrogen and oxygen atoms in total. The van der Waals surface area contributed by atoms with Crippen molar-refractivity contribution in [2.75, 3.05) is 6.54 Å². The van der Waals surface area contributed by atoms with E-state index in [1.165, 1.54) is 6.26 Å². The van der Waals surface area contributed by atoms with Crippen molar-refractivity contribution in [2.24, 2.45) is 0 Å². The molecule has 2 N–H and O–H groups in total. The van der Waals surface area contributed by atoms with Crippen molar-refractivity contribution in [3.8, 4) is 0 Å². The molecular formula is C14H14ClNO3. The first-order chi connectivity index (χ1) is 9.08. The third-order valence-corrected chi connectivity index (χ3v) is 3.07. The van der Waals surface area contributed by atoms with Crippen molar-refractivity contribution in [3.63, 3.8) is 0 Å². The van der Waals surface area contributed by atoms with Gasteiger partial charge in [0, 0.05) is 11.6 Å². The summed E-state index contributed by atoms with van der Waals surface area (Å²) in [6.45, 7) is 1.84. The van der Waals surface area contributed by atoms with E-state index in [1.54, 1.807) is 37.3 Å². The molecule has 0 spiro atoms. The number of benzene rings is 1. The van der Waals surface area contributed by atoms with Crippen molar-refractivity contribution < 1.29 is 14.3 Å². The summed E-state index contributed by atoms with van der Waals surface area (Å²) >= 11 is 5.77. The van der Waals surface area contributed by atoms with Crippen molar-refractivity contribution in [3.05, 3.63) is 58.5 Å². The van der Waals surface area contributed by atoms with Crippen LogP contribution in [0, 0.1) is 6.92 Å². The van der Waals surface area contributed by atoms with Gasteiger partial charge >= 0.3 is 0 Å². The predicted octanol–water partition coefficient (Wildman–Crippen LogP) is 2.70. The van der Waals surface area contributed by atoms with Crippen LogP contribution in [-0.4, -0.2) is 17.6 Å². The van der Waals surface area contributed by atoms with Gasteiger partial charge in [-0.25, -0.2) is 0 Å². The SMILES string of the molecule is Cc1occc1C(=O)NCC(O)c1ccc(Cl)cc1. The van der Waals surface area contributed by atoms with Crippen LogP contribution in [0.15, 0.2) is 41.0 Å². The number of rotatable bonds is 4. The van der Waals surface area contributed by atoms with Crippen molar-refractivity contribution in [1.29, 1.82) is 0 Å². The van der Waals surface area contributed by atoms with Crippen LogP contribution in [-0.2, 0) is 0 Å². The number of nitrogens with one attached hydrogen (secondary N) is 1. The monoisotopic (exact) mass is 279 g/mol. The second-order valence-electron chi connectivity index (χ2n) is 4.17. The van der Waals surface area contributed by atoms with E-state index in [0.29, 0.717) is 21.9 Å². The van der Waals surface area contributed by atoms with E-state index in [2.05, 4.69) is 5.32 Å². The van der Waals surface area contributed by atoms with Crippen LogP contribution in [0.25, 0.3) is 0 Å². The summed E-state index contributed by atoms with van der Waals surface area (Å²) in [7, 11) is 0. The Morgan fingerprint density at radius 1 is 1.37 bits per heavy atom. The van der Waals surface area contributed by atoms with Gasteiger partial charge in [0.1, 0.15) is 5.76 Å². The Morgan fingerprint density at radius 3 is 2.63 bits per heavy atom. The second kappa shape index (κ2) is 5.91. The number of carbonyl (C=O) groups is 1. The van der Waals surface area contributed by atoms with Crippen LogP contribution in [0.4, 0.5) is 0 Å². The Labute approximate surface area is 116 Å². The van der Waals surface area contributed by atoms with Crippen molar-refractivity contribution >= 4 is 17.5 Å². The second-order valence-corrected chi connectivity index (χ2v) is 4.60. The number of aliphatic hydroxyl groups excluding tert-OH is 1. The minimum absolute atomic E-state index is 0.130. The zero-order valence-electron chi connectivity index (χ0n) is 10.4. The van der Waals surface area contributed by atoms with Gasteiger partial charge in [-0.3, -0.25) is 4.79 Å². The van der Waals surface area contributed by atoms with Crippen LogP contribution in [0.2, 0.25) is 5.02 Å².